The molecular weight excluding hydrogens is 466 g/mol. The van der Waals surface area contributed by atoms with Gasteiger partial charge in [0.1, 0.15) is 5.60 Å². The molecule has 2 aliphatic heterocycles. The van der Waals surface area contributed by atoms with Crippen molar-refractivity contribution >= 4 is 24.2 Å². The molecule has 1 saturated heterocycles. The van der Waals surface area contributed by atoms with E-state index in [1.165, 1.54) is 0 Å². The Kier molecular flexibility index (Phi) is 5.00. The molecule has 0 spiro atoms. The third-order valence-corrected chi connectivity index (χ3v) is 9.71. The number of aryl methyl sites for hydroxylation is 1. The summed E-state index contributed by atoms with van der Waals surface area (Å²) in [5, 5.41) is 0. The molecule has 1 aliphatic carbocycles. The van der Waals surface area contributed by atoms with Gasteiger partial charge in [-0.2, -0.15) is 0 Å². The Balaban J connectivity index is 1.80. The molecule has 6 nitrogen and oxygen atoms in total. The van der Waals surface area contributed by atoms with E-state index in [0.717, 1.165) is 16.7 Å². The number of carbonyl (C=O) groups is 1. The van der Waals surface area contributed by atoms with Crippen LogP contribution in [0.4, 0.5) is 4.79 Å². The van der Waals surface area contributed by atoms with Gasteiger partial charge in [0.25, 0.3) is 0 Å². The molecule has 2 heterocycles. The third-order valence-electron chi connectivity index (χ3n) is 6.89. The van der Waals surface area contributed by atoms with Crippen molar-refractivity contribution in [1.82, 2.24) is 4.90 Å². The number of ether oxygens (including phenoxy) is 1. The minimum absolute atomic E-state index is 0.227. The number of benzene rings is 2. The smallest absolute Gasteiger partial charge is 0.417 e. The zero-order valence-electron chi connectivity index (χ0n) is 20.5. The maximum absolute atomic E-state index is 14.0. The van der Waals surface area contributed by atoms with Gasteiger partial charge in [-0.1, -0.05) is 42.0 Å². The average Bonchev–Trinajstić information content (AvgIpc) is 3.17. The summed E-state index contributed by atoms with van der Waals surface area (Å²) in [5.74, 6) is -0.239. The molecule has 2 atom stereocenters. The van der Waals surface area contributed by atoms with Gasteiger partial charge in [-0.25, -0.2) is 18.1 Å². The zero-order valence-corrected chi connectivity index (χ0v) is 22.3. The first kappa shape index (κ1) is 23.3. The molecule has 0 bridgehead atoms. The van der Waals surface area contributed by atoms with Gasteiger partial charge in [0, 0.05) is 11.5 Å². The molecule has 34 heavy (non-hydrogen) atoms. The second kappa shape index (κ2) is 7.29. The van der Waals surface area contributed by atoms with Crippen LogP contribution in [0.15, 0.2) is 64.0 Å². The Hall–Kier alpha value is -2.42. The molecule has 8 heteroatoms. The number of cyclic esters (lactones) is 1. The topological polar surface area (TPSA) is 72.9 Å². The lowest BCUT2D eigenvalue weighted by Crippen LogP contribution is -2.58. The highest BCUT2D eigenvalue weighted by Gasteiger charge is 2.66. The second-order valence-electron chi connectivity index (χ2n) is 11.0. The van der Waals surface area contributed by atoms with E-state index < -0.39 is 35.6 Å². The number of hydrogen-bond donors (Lipinski definition) is 0. The van der Waals surface area contributed by atoms with Crippen LogP contribution in [0.1, 0.15) is 37.0 Å². The summed E-state index contributed by atoms with van der Waals surface area (Å²) >= 11 is 0. The molecule has 0 radical (unpaired) electrons. The van der Waals surface area contributed by atoms with Gasteiger partial charge in [0.15, 0.2) is 14.0 Å². The lowest BCUT2D eigenvalue weighted by Gasteiger charge is -2.50. The highest BCUT2D eigenvalue weighted by atomic mass is 32.2. The fourth-order valence-corrected chi connectivity index (χ4v) is 8.78. The summed E-state index contributed by atoms with van der Waals surface area (Å²) in [6.45, 7) is 11.7. The largest absolute Gasteiger partial charge is 0.437 e. The Bertz CT molecular complexity index is 1320. The fraction of sp³-hybridized carbons (Fsp3) is 0.423. The van der Waals surface area contributed by atoms with Crippen molar-refractivity contribution < 1.29 is 22.4 Å². The van der Waals surface area contributed by atoms with Crippen molar-refractivity contribution in [2.75, 3.05) is 0 Å². The fourth-order valence-electron chi connectivity index (χ4n) is 5.69. The molecule has 3 aliphatic rings. The normalized spacial score (nSPS) is 25.6. The maximum atomic E-state index is 14.0. The Morgan fingerprint density at radius 2 is 1.68 bits per heavy atom. The van der Waals surface area contributed by atoms with Crippen LogP contribution in [0, 0.1) is 12.8 Å². The van der Waals surface area contributed by atoms with E-state index in [0.29, 0.717) is 12.1 Å². The van der Waals surface area contributed by atoms with Gasteiger partial charge in [-0.3, -0.25) is 0 Å². The third kappa shape index (κ3) is 3.30. The van der Waals surface area contributed by atoms with Crippen molar-refractivity contribution in [2.24, 2.45) is 5.92 Å². The summed E-state index contributed by atoms with van der Waals surface area (Å²) < 4.78 is 40.8. The Morgan fingerprint density at radius 3 is 2.32 bits per heavy atom. The Labute approximate surface area is 202 Å². The van der Waals surface area contributed by atoms with E-state index in [2.05, 4.69) is 19.6 Å². The minimum atomic E-state index is -3.86. The van der Waals surface area contributed by atoms with Crippen LogP contribution in [0.2, 0.25) is 19.6 Å². The monoisotopic (exact) mass is 497 g/mol. The molecule has 2 aromatic carbocycles. The van der Waals surface area contributed by atoms with E-state index in [4.69, 9.17) is 9.16 Å². The molecule has 2 aromatic rings. The van der Waals surface area contributed by atoms with Crippen LogP contribution in [0.3, 0.4) is 0 Å². The summed E-state index contributed by atoms with van der Waals surface area (Å²) in [5.41, 5.74) is 1.20. The van der Waals surface area contributed by atoms with Gasteiger partial charge in [0.05, 0.1) is 15.5 Å². The maximum Gasteiger partial charge on any atom is 0.417 e. The first-order valence-corrected chi connectivity index (χ1v) is 16.5. The standard InChI is InChI=1S/C26H31NO5SSi/c1-17-11-13-20(14-12-17)33(29,30)22-16-19-15-18-9-7-8-10-21(18)26(19,32-34(4,5)6)27-23(22)25(2,3)31-24(27)28/h7-14,19H,15-16H2,1-6H3. The van der Waals surface area contributed by atoms with E-state index in [1.807, 2.05) is 31.2 Å². The molecule has 0 aromatic heterocycles. The zero-order chi connectivity index (χ0) is 24.7. The Morgan fingerprint density at radius 1 is 1.03 bits per heavy atom. The van der Waals surface area contributed by atoms with E-state index in [1.54, 1.807) is 43.0 Å². The number of hydrogen-bond acceptors (Lipinski definition) is 5. The van der Waals surface area contributed by atoms with Gasteiger partial charge < -0.3 is 9.16 Å². The van der Waals surface area contributed by atoms with Crippen molar-refractivity contribution in [3.63, 3.8) is 0 Å². The lowest BCUT2D eigenvalue weighted by molar-refractivity contribution is -0.0977. The molecule has 5 rings (SSSR count). The first-order valence-electron chi connectivity index (χ1n) is 11.6. The van der Waals surface area contributed by atoms with Crippen LogP contribution in [-0.2, 0) is 31.1 Å². The number of sulfone groups is 1. The van der Waals surface area contributed by atoms with Crippen molar-refractivity contribution in [3.05, 3.63) is 75.8 Å². The minimum Gasteiger partial charge on any atom is -0.437 e. The predicted octanol–water partition coefficient (Wildman–Crippen LogP) is 5.49. The van der Waals surface area contributed by atoms with Gasteiger partial charge >= 0.3 is 6.09 Å². The summed E-state index contributed by atoms with van der Waals surface area (Å²) in [7, 11) is -6.07. The molecular formula is C26H31NO5SSi. The number of allylic oxidation sites excluding steroid dienone is 1. The van der Waals surface area contributed by atoms with Crippen LogP contribution in [0.5, 0.6) is 0 Å². The number of fused-ring (bicyclic) bond motifs is 5. The van der Waals surface area contributed by atoms with Crippen molar-refractivity contribution in [1.29, 1.82) is 0 Å². The van der Waals surface area contributed by atoms with Gasteiger partial charge in [-0.15, -0.1) is 0 Å². The van der Waals surface area contributed by atoms with Crippen LogP contribution < -0.4 is 0 Å². The average molecular weight is 498 g/mol. The molecule has 0 N–H and O–H groups in total. The van der Waals surface area contributed by atoms with E-state index in [9.17, 15) is 13.2 Å². The van der Waals surface area contributed by atoms with E-state index in [-0.39, 0.29) is 22.1 Å². The predicted molar refractivity (Wildman–Crippen MR) is 132 cm³/mol. The van der Waals surface area contributed by atoms with E-state index >= 15 is 0 Å². The van der Waals surface area contributed by atoms with Crippen LogP contribution in [-0.4, -0.2) is 33.3 Å². The van der Waals surface area contributed by atoms with Crippen LogP contribution >= 0.6 is 0 Å². The number of nitrogens with zero attached hydrogens (tertiary/aromatic N) is 1. The second-order valence-corrected chi connectivity index (χ2v) is 17.4. The first-order chi connectivity index (χ1) is 15.8. The van der Waals surface area contributed by atoms with Gasteiger partial charge in [0.2, 0.25) is 9.84 Å². The lowest BCUT2D eigenvalue weighted by atomic mass is 9.84. The summed E-state index contributed by atoms with van der Waals surface area (Å²) in [6, 6.07) is 14.8. The van der Waals surface area contributed by atoms with Gasteiger partial charge in [-0.05, 0) is 71.0 Å². The molecule has 1 amide bonds. The van der Waals surface area contributed by atoms with Crippen molar-refractivity contribution in [2.45, 2.75) is 69.5 Å². The SMILES string of the molecule is Cc1ccc(S(=O)(=O)C2=C3N(C(=O)OC3(C)C)C3(O[Si](C)(C)C)c4ccccc4CC3C2)cc1. The number of carbonyl (C=O) groups excluding carboxylic acids is 1. The quantitative estimate of drug-likeness (QED) is 0.522. The molecule has 180 valence electrons. The number of rotatable bonds is 4. The summed E-state index contributed by atoms with van der Waals surface area (Å²) in [6.07, 6.45) is 0.350. The van der Waals surface area contributed by atoms with Crippen molar-refractivity contribution in [3.8, 4) is 0 Å². The summed E-state index contributed by atoms with van der Waals surface area (Å²) in [4.78, 5) is 15.6. The number of amides is 1. The molecule has 2 unspecified atom stereocenters. The molecule has 0 saturated carbocycles. The highest BCUT2D eigenvalue weighted by Crippen LogP contribution is 2.59. The highest BCUT2D eigenvalue weighted by molar-refractivity contribution is 7.95. The van der Waals surface area contributed by atoms with Crippen LogP contribution in [0.25, 0.3) is 0 Å². The molecule has 1 fully saturated rings.